The Morgan fingerprint density at radius 2 is 2.31 bits per heavy atom. The van der Waals surface area contributed by atoms with Gasteiger partial charge in [0.2, 0.25) is 0 Å². The molecule has 0 aliphatic heterocycles. The number of hydrogen-bond acceptors (Lipinski definition) is 3. The average molecular weight is 217 g/mol. The molecule has 0 spiro atoms. The Hall–Kier alpha value is -2.37. The normalized spacial score (nSPS) is 9.81. The number of amides is 2. The summed E-state index contributed by atoms with van der Waals surface area (Å²) in [5, 5.41) is 0. The van der Waals surface area contributed by atoms with Gasteiger partial charge < -0.3 is 0 Å². The van der Waals surface area contributed by atoms with Crippen molar-refractivity contribution in [1.82, 2.24) is 14.6 Å². The number of anilines is 1. The lowest BCUT2D eigenvalue weighted by molar-refractivity contribution is 0.255. The molecule has 0 aliphatic rings. The Kier molecular flexibility index (Phi) is 2.81. The number of carbonyl (C=O) groups is 1. The Labute approximate surface area is 92.5 Å². The van der Waals surface area contributed by atoms with Gasteiger partial charge in [0.25, 0.3) is 0 Å². The zero-order chi connectivity index (χ0) is 11.4. The Bertz CT molecular complexity index is 453. The first-order valence-electron chi connectivity index (χ1n) is 4.70. The second kappa shape index (κ2) is 4.43. The van der Waals surface area contributed by atoms with Crippen LogP contribution in [-0.2, 0) is 0 Å². The summed E-state index contributed by atoms with van der Waals surface area (Å²) in [5.74, 6) is 0. The summed E-state index contributed by atoms with van der Waals surface area (Å²) in [7, 11) is 1.67. The van der Waals surface area contributed by atoms with E-state index >= 15 is 0 Å². The van der Waals surface area contributed by atoms with Gasteiger partial charge in [-0.2, -0.15) is 0 Å². The molecule has 2 heterocycles. The van der Waals surface area contributed by atoms with E-state index in [4.69, 9.17) is 0 Å². The second-order valence-corrected chi connectivity index (χ2v) is 3.16. The summed E-state index contributed by atoms with van der Waals surface area (Å²) >= 11 is 0. The van der Waals surface area contributed by atoms with E-state index in [1.165, 1.54) is 15.9 Å². The van der Waals surface area contributed by atoms with Crippen LogP contribution in [0.25, 0.3) is 0 Å². The molecule has 0 fully saturated rings. The molecular formula is C10H11N5O. The predicted molar refractivity (Wildman–Crippen MR) is 59.6 cm³/mol. The molecule has 6 nitrogen and oxygen atoms in total. The molecule has 2 amide bonds. The third kappa shape index (κ3) is 2.17. The molecule has 0 atom stereocenters. The highest BCUT2D eigenvalue weighted by atomic mass is 16.2. The average Bonchev–Trinajstić information content (AvgIpc) is 2.82. The Balaban J connectivity index is 2.05. The van der Waals surface area contributed by atoms with Gasteiger partial charge in [-0.25, -0.2) is 19.9 Å². The van der Waals surface area contributed by atoms with E-state index in [-0.39, 0.29) is 6.03 Å². The topological polar surface area (TPSA) is 63.1 Å². The van der Waals surface area contributed by atoms with Crippen LogP contribution in [0.3, 0.4) is 0 Å². The maximum Gasteiger partial charge on any atom is 0.340 e. The zero-order valence-corrected chi connectivity index (χ0v) is 8.74. The molecule has 0 radical (unpaired) electrons. The summed E-state index contributed by atoms with van der Waals surface area (Å²) in [6.45, 7) is 0. The number of urea groups is 1. The summed E-state index contributed by atoms with van der Waals surface area (Å²) in [5.41, 5.74) is 3.36. The maximum atomic E-state index is 11.7. The first-order valence-corrected chi connectivity index (χ1v) is 4.70. The fourth-order valence-electron chi connectivity index (χ4n) is 1.18. The molecule has 2 aromatic heterocycles. The highest BCUT2D eigenvalue weighted by Gasteiger charge is 2.10. The van der Waals surface area contributed by atoms with Crippen molar-refractivity contribution in [1.29, 1.82) is 0 Å². The minimum absolute atomic E-state index is 0.258. The van der Waals surface area contributed by atoms with Gasteiger partial charge in [-0.3, -0.25) is 9.88 Å². The van der Waals surface area contributed by atoms with Crippen LogP contribution in [0, 0.1) is 0 Å². The van der Waals surface area contributed by atoms with E-state index in [0.717, 1.165) is 5.69 Å². The predicted octanol–water partition coefficient (Wildman–Crippen LogP) is 1.08. The third-order valence-electron chi connectivity index (χ3n) is 2.07. The highest BCUT2D eigenvalue weighted by molar-refractivity contribution is 5.96. The lowest BCUT2D eigenvalue weighted by Gasteiger charge is -2.17. The Morgan fingerprint density at radius 3 is 2.94 bits per heavy atom. The van der Waals surface area contributed by atoms with Crippen LogP contribution in [-0.4, -0.2) is 27.7 Å². The van der Waals surface area contributed by atoms with Crippen molar-refractivity contribution in [2.45, 2.75) is 0 Å². The minimum atomic E-state index is -0.258. The maximum absolute atomic E-state index is 11.7. The summed E-state index contributed by atoms with van der Waals surface area (Å²) in [6, 6.07) is 3.32. The van der Waals surface area contributed by atoms with Crippen molar-refractivity contribution >= 4 is 11.7 Å². The monoisotopic (exact) mass is 217 g/mol. The van der Waals surface area contributed by atoms with E-state index in [9.17, 15) is 4.79 Å². The van der Waals surface area contributed by atoms with Gasteiger partial charge in [-0.15, -0.1) is 0 Å². The van der Waals surface area contributed by atoms with Crippen LogP contribution in [0.1, 0.15) is 0 Å². The van der Waals surface area contributed by atoms with Crippen molar-refractivity contribution in [3.05, 3.63) is 43.2 Å². The fourth-order valence-corrected chi connectivity index (χ4v) is 1.18. The van der Waals surface area contributed by atoms with Crippen molar-refractivity contribution in [2.24, 2.45) is 0 Å². The smallest absolute Gasteiger partial charge is 0.295 e. The molecule has 16 heavy (non-hydrogen) atoms. The molecule has 2 rings (SSSR count). The van der Waals surface area contributed by atoms with Crippen LogP contribution in [0.2, 0.25) is 0 Å². The van der Waals surface area contributed by atoms with Gasteiger partial charge in [-0.05, 0) is 12.1 Å². The van der Waals surface area contributed by atoms with Crippen LogP contribution in [0.5, 0.6) is 0 Å². The number of nitrogens with zero attached hydrogens (tertiary/aromatic N) is 4. The Morgan fingerprint density at radius 1 is 1.44 bits per heavy atom. The minimum Gasteiger partial charge on any atom is -0.295 e. The molecule has 0 saturated carbocycles. The summed E-state index contributed by atoms with van der Waals surface area (Å²) in [6.07, 6.45) is 8.02. The molecule has 6 heteroatoms. The van der Waals surface area contributed by atoms with E-state index in [2.05, 4.69) is 15.4 Å². The van der Waals surface area contributed by atoms with Gasteiger partial charge in [0.05, 0.1) is 11.9 Å². The SMILES string of the molecule is CN(C(=O)Nn1ccnc1)c1cccnc1. The van der Waals surface area contributed by atoms with E-state index in [1.54, 1.807) is 44.0 Å². The lowest BCUT2D eigenvalue weighted by atomic mass is 10.4. The van der Waals surface area contributed by atoms with Crippen molar-refractivity contribution in [3.63, 3.8) is 0 Å². The third-order valence-corrected chi connectivity index (χ3v) is 2.07. The molecule has 1 N–H and O–H groups in total. The molecule has 0 saturated heterocycles. The summed E-state index contributed by atoms with van der Waals surface area (Å²) < 4.78 is 1.48. The molecule has 0 aliphatic carbocycles. The molecule has 0 bridgehead atoms. The second-order valence-electron chi connectivity index (χ2n) is 3.16. The first kappa shape index (κ1) is 10.2. The number of carbonyl (C=O) groups excluding carboxylic acids is 1. The highest BCUT2D eigenvalue weighted by Crippen LogP contribution is 2.09. The molecule has 82 valence electrons. The molecule has 0 unspecified atom stereocenters. The number of aromatic nitrogens is 3. The van der Waals surface area contributed by atoms with Crippen LogP contribution in [0.15, 0.2) is 43.2 Å². The van der Waals surface area contributed by atoms with Gasteiger partial charge >= 0.3 is 6.03 Å². The largest absolute Gasteiger partial charge is 0.340 e. The van der Waals surface area contributed by atoms with Gasteiger partial charge in [-0.1, -0.05) is 0 Å². The lowest BCUT2D eigenvalue weighted by Crippen LogP contribution is -2.35. The van der Waals surface area contributed by atoms with E-state index in [0.29, 0.717) is 0 Å². The molecular weight excluding hydrogens is 206 g/mol. The quantitative estimate of drug-likeness (QED) is 0.818. The van der Waals surface area contributed by atoms with Crippen LogP contribution < -0.4 is 10.3 Å². The number of pyridine rings is 1. The van der Waals surface area contributed by atoms with E-state index in [1.807, 2.05) is 0 Å². The van der Waals surface area contributed by atoms with Crippen LogP contribution in [0.4, 0.5) is 10.5 Å². The zero-order valence-electron chi connectivity index (χ0n) is 8.74. The van der Waals surface area contributed by atoms with Crippen LogP contribution >= 0.6 is 0 Å². The standard InChI is InChI=1S/C10H11N5O/c1-14(9-3-2-4-11-7-9)10(16)13-15-6-5-12-8-15/h2-8H,1H3,(H,13,16). The van der Waals surface area contributed by atoms with Gasteiger partial charge in [0.15, 0.2) is 0 Å². The number of rotatable bonds is 2. The van der Waals surface area contributed by atoms with Crippen molar-refractivity contribution in [3.8, 4) is 0 Å². The van der Waals surface area contributed by atoms with Crippen molar-refractivity contribution < 1.29 is 4.79 Å². The van der Waals surface area contributed by atoms with Gasteiger partial charge in [0.1, 0.15) is 6.33 Å². The van der Waals surface area contributed by atoms with E-state index < -0.39 is 0 Å². The molecule has 0 aromatic carbocycles. The fraction of sp³-hybridized carbons (Fsp3) is 0.100. The number of imidazole rings is 1. The number of hydrogen-bond donors (Lipinski definition) is 1. The van der Waals surface area contributed by atoms with Gasteiger partial charge in [0, 0.05) is 25.6 Å². The summed E-state index contributed by atoms with van der Waals surface area (Å²) in [4.78, 5) is 21.0. The number of nitrogens with one attached hydrogen (secondary N) is 1. The molecule has 2 aromatic rings. The van der Waals surface area contributed by atoms with Crippen molar-refractivity contribution in [2.75, 3.05) is 17.4 Å². The first-order chi connectivity index (χ1) is 7.77.